The van der Waals surface area contributed by atoms with Gasteiger partial charge in [0, 0.05) is 30.2 Å². The topological polar surface area (TPSA) is 54.7 Å². The number of carboxylic acids is 1. The molecule has 1 aliphatic rings. The van der Waals surface area contributed by atoms with Crippen LogP contribution in [0, 0.1) is 0 Å². The van der Waals surface area contributed by atoms with Crippen molar-refractivity contribution in [1.82, 2.24) is 9.47 Å². The summed E-state index contributed by atoms with van der Waals surface area (Å²) in [6, 6.07) is 7.95. The molecule has 2 heterocycles. The highest BCUT2D eigenvalue weighted by molar-refractivity contribution is 5.87. The van der Waals surface area contributed by atoms with Gasteiger partial charge in [0.1, 0.15) is 0 Å². The van der Waals surface area contributed by atoms with Crippen LogP contribution in [0.2, 0.25) is 0 Å². The Bertz CT molecular complexity index is 650. The molecule has 5 nitrogen and oxygen atoms in total. The van der Waals surface area contributed by atoms with Crippen LogP contribution in [0.1, 0.15) is 5.56 Å². The zero-order valence-corrected chi connectivity index (χ0v) is 12.2. The Hall–Kier alpha value is -1.85. The summed E-state index contributed by atoms with van der Waals surface area (Å²) in [5.74, 6) is -0.799. The van der Waals surface area contributed by atoms with E-state index in [1.54, 1.807) is 0 Å². The second-order valence-corrected chi connectivity index (χ2v) is 5.65. The number of aromatic nitrogens is 1. The number of carbonyl (C=O) groups is 1. The fraction of sp³-hybridized carbons (Fsp3) is 0.438. The van der Waals surface area contributed by atoms with Gasteiger partial charge >= 0.3 is 5.97 Å². The zero-order valence-electron chi connectivity index (χ0n) is 12.2. The summed E-state index contributed by atoms with van der Waals surface area (Å²) in [6.07, 6.45) is 2.16. The Morgan fingerprint density at radius 1 is 1.43 bits per heavy atom. The van der Waals surface area contributed by atoms with Crippen molar-refractivity contribution < 1.29 is 14.6 Å². The van der Waals surface area contributed by atoms with Crippen LogP contribution in [-0.2, 0) is 22.5 Å². The maximum atomic E-state index is 11.0. The predicted molar refractivity (Wildman–Crippen MR) is 80.5 cm³/mol. The number of para-hydroxylation sites is 1. The van der Waals surface area contributed by atoms with Crippen molar-refractivity contribution in [2.75, 3.05) is 26.7 Å². The lowest BCUT2D eigenvalue weighted by atomic mass is 10.1. The van der Waals surface area contributed by atoms with Gasteiger partial charge in [-0.05, 0) is 18.7 Å². The Morgan fingerprint density at radius 3 is 3.00 bits per heavy atom. The Labute approximate surface area is 123 Å². The van der Waals surface area contributed by atoms with E-state index in [9.17, 15) is 4.79 Å². The summed E-state index contributed by atoms with van der Waals surface area (Å²) in [4.78, 5) is 13.3. The summed E-state index contributed by atoms with van der Waals surface area (Å²) in [5.41, 5.74) is 1.94. The van der Waals surface area contributed by atoms with Gasteiger partial charge < -0.3 is 19.3 Å². The molecule has 1 N–H and O–H groups in total. The van der Waals surface area contributed by atoms with E-state index in [2.05, 4.69) is 16.5 Å². The molecular weight excluding hydrogens is 268 g/mol. The molecule has 1 aromatic carbocycles. The maximum absolute atomic E-state index is 11.0. The summed E-state index contributed by atoms with van der Waals surface area (Å²) in [7, 11) is 2.10. The SMILES string of the molecule is CN1CCOC(Cn2cc(CC(=O)O)c3ccccc32)C1. The lowest BCUT2D eigenvalue weighted by Gasteiger charge is -2.30. The van der Waals surface area contributed by atoms with Crippen molar-refractivity contribution in [3.8, 4) is 0 Å². The monoisotopic (exact) mass is 288 g/mol. The Balaban J connectivity index is 1.89. The molecule has 0 saturated carbocycles. The number of hydrogen-bond acceptors (Lipinski definition) is 3. The molecule has 1 atom stereocenters. The highest BCUT2D eigenvalue weighted by Crippen LogP contribution is 2.23. The van der Waals surface area contributed by atoms with Gasteiger partial charge in [-0.25, -0.2) is 0 Å². The summed E-state index contributed by atoms with van der Waals surface area (Å²) < 4.78 is 7.94. The van der Waals surface area contributed by atoms with E-state index in [0.29, 0.717) is 0 Å². The Morgan fingerprint density at radius 2 is 2.24 bits per heavy atom. The van der Waals surface area contributed by atoms with Gasteiger partial charge in [-0.15, -0.1) is 0 Å². The second-order valence-electron chi connectivity index (χ2n) is 5.65. The van der Waals surface area contributed by atoms with E-state index in [4.69, 9.17) is 9.84 Å². The number of benzene rings is 1. The zero-order chi connectivity index (χ0) is 14.8. The summed E-state index contributed by atoms with van der Waals surface area (Å²) in [6.45, 7) is 3.38. The fourth-order valence-electron chi connectivity index (χ4n) is 2.97. The summed E-state index contributed by atoms with van der Waals surface area (Å²) >= 11 is 0. The van der Waals surface area contributed by atoms with Crippen molar-refractivity contribution in [3.63, 3.8) is 0 Å². The quantitative estimate of drug-likeness (QED) is 0.928. The van der Waals surface area contributed by atoms with Crippen molar-refractivity contribution >= 4 is 16.9 Å². The molecule has 1 fully saturated rings. The minimum absolute atomic E-state index is 0.0545. The van der Waals surface area contributed by atoms with E-state index in [-0.39, 0.29) is 12.5 Å². The lowest BCUT2D eigenvalue weighted by molar-refractivity contribution is -0.136. The Kier molecular flexibility index (Phi) is 3.94. The minimum Gasteiger partial charge on any atom is -0.481 e. The molecule has 0 radical (unpaired) electrons. The average Bonchev–Trinajstić information content (AvgIpc) is 2.77. The smallest absolute Gasteiger partial charge is 0.307 e. The molecular formula is C16H20N2O3. The third-order valence-electron chi connectivity index (χ3n) is 3.95. The van der Waals surface area contributed by atoms with Gasteiger partial charge in [0.25, 0.3) is 0 Å². The normalized spacial score (nSPS) is 20.0. The van der Waals surface area contributed by atoms with Crippen LogP contribution in [-0.4, -0.2) is 53.4 Å². The lowest BCUT2D eigenvalue weighted by Crippen LogP contribution is -2.41. The standard InChI is InChI=1S/C16H20N2O3/c1-17-6-7-21-13(10-17)11-18-9-12(8-16(19)20)14-4-2-3-5-15(14)18/h2-5,9,13H,6-8,10-11H2,1H3,(H,19,20). The van der Waals surface area contributed by atoms with E-state index in [1.165, 1.54) is 0 Å². The third-order valence-corrected chi connectivity index (χ3v) is 3.95. The molecule has 0 spiro atoms. The highest BCUT2D eigenvalue weighted by atomic mass is 16.5. The van der Waals surface area contributed by atoms with Crippen LogP contribution in [0.15, 0.2) is 30.5 Å². The molecule has 2 aromatic rings. The molecule has 21 heavy (non-hydrogen) atoms. The predicted octanol–water partition coefficient (Wildman–Crippen LogP) is 1.60. The maximum Gasteiger partial charge on any atom is 0.307 e. The second kappa shape index (κ2) is 5.87. The molecule has 0 bridgehead atoms. The van der Waals surface area contributed by atoms with Gasteiger partial charge in [0.15, 0.2) is 0 Å². The van der Waals surface area contributed by atoms with Crippen LogP contribution in [0.3, 0.4) is 0 Å². The molecule has 1 aliphatic heterocycles. The number of likely N-dealkylation sites (N-methyl/N-ethyl adjacent to an activating group) is 1. The largest absolute Gasteiger partial charge is 0.481 e. The van der Waals surface area contributed by atoms with Crippen LogP contribution >= 0.6 is 0 Å². The molecule has 1 unspecified atom stereocenters. The van der Waals surface area contributed by atoms with Crippen LogP contribution in [0.4, 0.5) is 0 Å². The molecule has 0 amide bonds. The molecule has 3 rings (SSSR count). The van der Waals surface area contributed by atoms with Crippen LogP contribution in [0.5, 0.6) is 0 Å². The van der Waals surface area contributed by atoms with Gasteiger partial charge in [-0.2, -0.15) is 0 Å². The molecule has 1 saturated heterocycles. The van der Waals surface area contributed by atoms with E-state index in [0.717, 1.165) is 42.7 Å². The van der Waals surface area contributed by atoms with E-state index < -0.39 is 5.97 Å². The average molecular weight is 288 g/mol. The number of aliphatic carboxylic acids is 1. The van der Waals surface area contributed by atoms with Crippen LogP contribution < -0.4 is 0 Å². The van der Waals surface area contributed by atoms with Gasteiger partial charge in [-0.1, -0.05) is 18.2 Å². The first kappa shape index (κ1) is 14.1. The van der Waals surface area contributed by atoms with E-state index >= 15 is 0 Å². The first-order chi connectivity index (χ1) is 10.1. The minimum atomic E-state index is -0.799. The first-order valence-corrected chi connectivity index (χ1v) is 7.22. The van der Waals surface area contributed by atoms with Crippen LogP contribution in [0.25, 0.3) is 10.9 Å². The number of morpholine rings is 1. The number of ether oxygens (including phenoxy) is 1. The number of rotatable bonds is 4. The molecule has 5 heteroatoms. The molecule has 0 aliphatic carbocycles. The third kappa shape index (κ3) is 3.09. The first-order valence-electron chi connectivity index (χ1n) is 7.22. The van der Waals surface area contributed by atoms with Gasteiger partial charge in [-0.3, -0.25) is 4.79 Å². The molecule has 112 valence electrons. The summed E-state index contributed by atoms with van der Waals surface area (Å²) in [5, 5.41) is 10.1. The molecule has 1 aromatic heterocycles. The number of hydrogen-bond donors (Lipinski definition) is 1. The van der Waals surface area contributed by atoms with Gasteiger partial charge in [0.05, 0.1) is 25.7 Å². The number of carboxylic acid groups (broad SMARTS) is 1. The van der Waals surface area contributed by atoms with Gasteiger partial charge in [0.2, 0.25) is 0 Å². The highest BCUT2D eigenvalue weighted by Gasteiger charge is 2.19. The number of fused-ring (bicyclic) bond motifs is 1. The van der Waals surface area contributed by atoms with Crippen molar-refractivity contribution in [2.45, 2.75) is 19.1 Å². The van der Waals surface area contributed by atoms with Crippen molar-refractivity contribution in [3.05, 3.63) is 36.0 Å². The van der Waals surface area contributed by atoms with E-state index in [1.807, 2.05) is 30.5 Å². The fourth-order valence-corrected chi connectivity index (χ4v) is 2.97. The van der Waals surface area contributed by atoms with Crippen molar-refractivity contribution in [1.29, 1.82) is 0 Å². The van der Waals surface area contributed by atoms with Crippen molar-refractivity contribution in [2.24, 2.45) is 0 Å². The number of nitrogens with zero attached hydrogens (tertiary/aromatic N) is 2.